The second kappa shape index (κ2) is 8.36. The Hall–Kier alpha value is -2.83. The van der Waals surface area contributed by atoms with Gasteiger partial charge in [-0.05, 0) is 47.9 Å². The molecule has 0 atom stereocenters. The lowest BCUT2D eigenvalue weighted by atomic mass is 10.0. The Kier molecular flexibility index (Phi) is 5.77. The van der Waals surface area contributed by atoms with Gasteiger partial charge in [-0.2, -0.15) is 0 Å². The van der Waals surface area contributed by atoms with Crippen molar-refractivity contribution in [1.29, 1.82) is 0 Å². The Morgan fingerprint density at radius 2 is 1.74 bits per heavy atom. The Morgan fingerprint density at radius 3 is 2.45 bits per heavy atom. The average molecular weight is 455 g/mol. The van der Waals surface area contributed by atoms with E-state index in [0.717, 1.165) is 22.6 Å². The number of hydrogen-bond acceptors (Lipinski definition) is 4. The molecule has 5 nitrogen and oxygen atoms in total. The summed E-state index contributed by atoms with van der Waals surface area (Å²) >= 11 is 6.38. The topological polar surface area (TPSA) is 60.7 Å². The Balaban J connectivity index is 1.73. The molecule has 0 aliphatic carbocycles. The summed E-state index contributed by atoms with van der Waals surface area (Å²) in [6, 6.07) is 18.6. The summed E-state index contributed by atoms with van der Waals surface area (Å²) in [6.45, 7) is 4.21. The summed E-state index contributed by atoms with van der Waals surface area (Å²) in [4.78, 5) is 4.78. The van der Waals surface area contributed by atoms with Crippen molar-refractivity contribution >= 4 is 27.1 Å². The van der Waals surface area contributed by atoms with Gasteiger partial charge in [0, 0.05) is 18.0 Å². The first-order chi connectivity index (χ1) is 14.7. The van der Waals surface area contributed by atoms with Gasteiger partial charge in [-0.1, -0.05) is 49.7 Å². The molecule has 0 amide bonds. The summed E-state index contributed by atoms with van der Waals surface area (Å²) in [6.07, 6.45) is 3.18. The molecule has 0 aliphatic rings. The van der Waals surface area contributed by atoms with E-state index >= 15 is 0 Å². The molecule has 2 aromatic heterocycles. The van der Waals surface area contributed by atoms with E-state index in [1.165, 1.54) is 6.26 Å². The van der Waals surface area contributed by atoms with Crippen LogP contribution in [0.15, 0.2) is 66.9 Å². The maximum absolute atomic E-state index is 11.6. The van der Waals surface area contributed by atoms with Crippen LogP contribution < -0.4 is 4.74 Å². The molecule has 2 aromatic carbocycles. The number of nitrogens with zero attached hydrogens (tertiary/aromatic N) is 2. The van der Waals surface area contributed by atoms with Gasteiger partial charge in [0.05, 0.1) is 22.2 Å². The van der Waals surface area contributed by atoms with Crippen LogP contribution in [0.1, 0.15) is 31.0 Å². The first-order valence-electron chi connectivity index (χ1n) is 9.93. The minimum atomic E-state index is -3.12. The van der Waals surface area contributed by atoms with E-state index in [2.05, 4.69) is 13.8 Å². The standard InChI is InChI=1S/C24H23ClN2O3S/c1-16(2)22-23(27-12-6-11-21(25)24(27)26-22)18-8-5-10-20(14-18)30-19-9-4-7-17(13-19)15-31(3,28)29/h4-14,16H,15H2,1-3H3. The molecule has 0 fully saturated rings. The molecule has 0 saturated carbocycles. The first kappa shape index (κ1) is 21.4. The average Bonchev–Trinajstić information content (AvgIpc) is 3.08. The summed E-state index contributed by atoms with van der Waals surface area (Å²) < 4.78 is 31.3. The third-order valence-electron chi connectivity index (χ3n) is 4.85. The third-order valence-corrected chi connectivity index (χ3v) is 6.00. The van der Waals surface area contributed by atoms with Crippen LogP contribution in [-0.4, -0.2) is 24.1 Å². The van der Waals surface area contributed by atoms with Gasteiger partial charge in [0.2, 0.25) is 0 Å². The highest BCUT2D eigenvalue weighted by Gasteiger charge is 2.18. The van der Waals surface area contributed by atoms with Crippen LogP contribution in [0.2, 0.25) is 5.02 Å². The number of hydrogen-bond donors (Lipinski definition) is 0. The highest BCUT2D eigenvalue weighted by molar-refractivity contribution is 7.89. The molecular formula is C24H23ClN2O3S. The smallest absolute Gasteiger partial charge is 0.156 e. The summed E-state index contributed by atoms with van der Waals surface area (Å²) in [5.74, 6) is 1.43. The quantitative estimate of drug-likeness (QED) is 0.352. The van der Waals surface area contributed by atoms with Crippen molar-refractivity contribution in [3.8, 4) is 22.8 Å². The predicted octanol–water partition coefficient (Wildman–Crippen LogP) is 6.12. The van der Waals surface area contributed by atoms with Gasteiger partial charge in [-0.3, -0.25) is 4.40 Å². The maximum Gasteiger partial charge on any atom is 0.156 e. The Morgan fingerprint density at radius 1 is 1.03 bits per heavy atom. The van der Waals surface area contributed by atoms with Crippen LogP contribution in [0.3, 0.4) is 0 Å². The Labute approximate surface area is 187 Å². The lowest BCUT2D eigenvalue weighted by Crippen LogP contribution is -2.00. The molecule has 0 unspecified atom stereocenters. The zero-order valence-electron chi connectivity index (χ0n) is 17.5. The zero-order valence-corrected chi connectivity index (χ0v) is 19.1. The number of halogens is 1. The molecule has 160 valence electrons. The fourth-order valence-corrected chi connectivity index (χ4v) is 4.58. The van der Waals surface area contributed by atoms with Crippen LogP contribution in [0.5, 0.6) is 11.5 Å². The van der Waals surface area contributed by atoms with Gasteiger partial charge in [-0.15, -0.1) is 0 Å². The Bertz CT molecular complexity index is 1360. The predicted molar refractivity (Wildman–Crippen MR) is 125 cm³/mol. The first-order valence-corrected chi connectivity index (χ1v) is 12.4. The second-order valence-electron chi connectivity index (χ2n) is 7.90. The van der Waals surface area contributed by atoms with Gasteiger partial charge in [0.15, 0.2) is 15.5 Å². The van der Waals surface area contributed by atoms with Gasteiger partial charge in [0.1, 0.15) is 11.5 Å². The number of imidazole rings is 1. The lowest BCUT2D eigenvalue weighted by molar-refractivity contribution is 0.482. The summed E-state index contributed by atoms with van der Waals surface area (Å²) in [5.41, 5.74) is 4.31. The lowest BCUT2D eigenvalue weighted by Gasteiger charge is -2.11. The molecule has 2 heterocycles. The minimum absolute atomic E-state index is 0.0233. The number of pyridine rings is 1. The van der Waals surface area contributed by atoms with E-state index in [0.29, 0.717) is 22.1 Å². The van der Waals surface area contributed by atoms with Crippen molar-refractivity contribution in [2.45, 2.75) is 25.5 Å². The molecule has 7 heteroatoms. The van der Waals surface area contributed by atoms with E-state index in [4.69, 9.17) is 21.3 Å². The molecule has 31 heavy (non-hydrogen) atoms. The SMILES string of the molecule is CC(C)c1nc2c(Cl)cccn2c1-c1cccc(Oc2cccc(CS(C)(=O)=O)c2)c1. The molecule has 0 bridgehead atoms. The van der Waals surface area contributed by atoms with Gasteiger partial charge in [-0.25, -0.2) is 13.4 Å². The normalized spacial score (nSPS) is 11.9. The largest absolute Gasteiger partial charge is 0.457 e. The molecule has 0 N–H and O–H groups in total. The van der Waals surface area contributed by atoms with Crippen molar-refractivity contribution in [3.63, 3.8) is 0 Å². The summed E-state index contributed by atoms with van der Waals surface area (Å²) in [7, 11) is -3.12. The fourth-order valence-electron chi connectivity index (χ4n) is 3.59. The van der Waals surface area contributed by atoms with Crippen LogP contribution in [0.25, 0.3) is 16.9 Å². The monoisotopic (exact) mass is 454 g/mol. The van der Waals surface area contributed by atoms with Crippen LogP contribution in [0, 0.1) is 0 Å². The molecule has 0 saturated heterocycles. The van der Waals surface area contributed by atoms with Crippen molar-refractivity contribution in [2.75, 3.05) is 6.26 Å². The molecule has 4 aromatic rings. The van der Waals surface area contributed by atoms with Crippen molar-refractivity contribution < 1.29 is 13.2 Å². The van der Waals surface area contributed by atoms with Gasteiger partial charge < -0.3 is 4.74 Å². The number of fused-ring (bicyclic) bond motifs is 1. The second-order valence-corrected chi connectivity index (χ2v) is 10.4. The fraction of sp³-hybridized carbons (Fsp3) is 0.208. The third kappa shape index (κ3) is 4.75. The zero-order chi connectivity index (χ0) is 22.2. The molecular weight excluding hydrogens is 432 g/mol. The molecule has 0 spiro atoms. The van der Waals surface area contributed by atoms with E-state index in [-0.39, 0.29) is 11.7 Å². The minimum Gasteiger partial charge on any atom is -0.457 e. The number of sulfone groups is 1. The van der Waals surface area contributed by atoms with Crippen LogP contribution in [-0.2, 0) is 15.6 Å². The number of rotatable bonds is 6. The van der Waals surface area contributed by atoms with E-state index in [9.17, 15) is 8.42 Å². The van der Waals surface area contributed by atoms with Crippen molar-refractivity contribution in [2.24, 2.45) is 0 Å². The highest BCUT2D eigenvalue weighted by Crippen LogP contribution is 2.34. The van der Waals surface area contributed by atoms with Gasteiger partial charge >= 0.3 is 0 Å². The van der Waals surface area contributed by atoms with Crippen LogP contribution in [0.4, 0.5) is 0 Å². The van der Waals surface area contributed by atoms with E-state index < -0.39 is 9.84 Å². The van der Waals surface area contributed by atoms with Crippen molar-refractivity contribution in [1.82, 2.24) is 9.38 Å². The number of ether oxygens (including phenoxy) is 1. The van der Waals surface area contributed by atoms with Gasteiger partial charge in [0.25, 0.3) is 0 Å². The van der Waals surface area contributed by atoms with E-state index in [1.54, 1.807) is 18.2 Å². The number of benzene rings is 2. The summed E-state index contributed by atoms with van der Waals surface area (Å²) in [5, 5.41) is 0.603. The number of aromatic nitrogens is 2. The van der Waals surface area contributed by atoms with Crippen molar-refractivity contribution in [3.05, 3.63) is 83.1 Å². The molecule has 4 rings (SSSR count). The highest BCUT2D eigenvalue weighted by atomic mass is 35.5. The maximum atomic E-state index is 11.6. The molecule has 0 radical (unpaired) electrons. The van der Waals surface area contributed by atoms with Crippen LogP contribution >= 0.6 is 11.6 Å². The molecule has 0 aliphatic heterocycles. The van der Waals surface area contributed by atoms with E-state index in [1.807, 2.05) is 53.1 Å².